The van der Waals surface area contributed by atoms with E-state index >= 15 is 0 Å². The highest BCUT2D eigenvalue weighted by molar-refractivity contribution is 5.91. The van der Waals surface area contributed by atoms with Crippen LogP contribution in [-0.4, -0.2) is 17.5 Å². The van der Waals surface area contributed by atoms with Crippen molar-refractivity contribution in [1.82, 2.24) is 0 Å². The summed E-state index contributed by atoms with van der Waals surface area (Å²) in [6.07, 6.45) is 5.43. The third-order valence-corrected chi connectivity index (χ3v) is 3.77. The van der Waals surface area contributed by atoms with Crippen molar-refractivity contribution in [1.29, 1.82) is 0 Å². The van der Waals surface area contributed by atoms with Crippen LogP contribution in [0.5, 0.6) is 5.75 Å². The van der Waals surface area contributed by atoms with Gasteiger partial charge < -0.3 is 9.47 Å². The van der Waals surface area contributed by atoms with Gasteiger partial charge in [-0.05, 0) is 62.9 Å². The van der Waals surface area contributed by atoms with Crippen LogP contribution in [0.25, 0.3) is 0 Å². The molecule has 0 aliphatic heterocycles. The second-order valence-electron chi connectivity index (χ2n) is 5.56. The normalized spacial score (nSPS) is 15.9. The Kier molecular flexibility index (Phi) is 4.81. The van der Waals surface area contributed by atoms with E-state index < -0.39 is 11.6 Å². The van der Waals surface area contributed by atoms with E-state index in [2.05, 4.69) is 13.2 Å². The van der Waals surface area contributed by atoms with Gasteiger partial charge in [-0.2, -0.15) is 0 Å². The summed E-state index contributed by atoms with van der Waals surface area (Å²) in [6, 6.07) is 6.28. The highest BCUT2D eigenvalue weighted by Gasteiger charge is 2.34. The highest BCUT2D eigenvalue weighted by atomic mass is 16.6. The summed E-state index contributed by atoms with van der Waals surface area (Å²) in [5, 5.41) is 0. The second kappa shape index (κ2) is 6.60. The minimum absolute atomic E-state index is 0.317. The third-order valence-electron chi connectivity index (χ3n) is 3.77. The van der Waals surface area contributed by atoms with Crippen LogP contribution in [0.15, 0.2) is 49.1 Å². The standard InChI is InChI=1S/C18H20O4/c1-4-18(11-5-6-12-18)22-17(20)14-7-9-15(10-8-14)21-16(19)13(2)3/h4,7-10H,1-2,5-6,11-12H2,3H3. The van der Waals surface area contributed by atoms with Crippen LogP contribution >= 0.6 is 0 Å². The summed E-state index contributed by atoms with van der Waals surface area (Å²) in [7, 11) is 0. The van der Waals surface area contributed by atoms with Gasteiger partial charge in [0.2, 0.25) is 0 Å². The van der Waals surface area contributed by atoms with Gasteiger partial charge in [0.25, 0.3) is 0 Å². The molecular formula is C18H20O4. The molecule has 0 saturated heterocycles. The second-order valence-corrected chi connectivity index (χ2v) is 5.56. The Bertz CT molecular complexity index is 592. The van der Waals surface area contributed by atoms with E-state index in [4.69, 9.17) is 9.47 Å². The molecule has 22 heavy (non-hydrogen) atoms. The zero-order valence-electron chi connectivity index (χ0n) is 12.8. The van der Waals surface area contributed by atoms with Gasteiger partial charge in [0.05, 0.1) is 5.56 Å². The first-order valence-electron chi connectivity index (χ1n) is 7.30. The van der Waals surface area contributed by atoms with Crippen molar-refractivity contribution in [3.05, 3.63) is 54.6 Å². The highest BCUT2D eigenvalue weighted by Crippen LogP contribution is 2.34. The number of hydrogen-bond acceptors (Lipinski definition) is 4. The third kappa shape index (κ3) is 3.64. The van der Waals surface area contributed by atoms with Crippen molar-refractivity contribution in [2.45, 2.75) is 38.2 Å². The minimum Gasteiger partial charge on any atom is -0.451 e. The fourth-order valence-corrected chi connectivity index (χ4v) is 2.42. The molecule has 4 nitrogen and oxygen atoms in total. The Morgan fingerprint density at radius 2 is 1.77 bits per heavy atom. The molecular weight excluding hydrogens is 280 g/mol. The van der Waals surface area contributed by atoms with E-state index in [0.29, 0.717) is 16.9 Å². The summed E-state index contributed by atoms with van der Waals surface area (Å²) < 4.78 is 10.7. The fraction of sp³-hybridized carbons (Fsp3) is 0.333. The lowest BCUT2D eigenvalue weighted by Gasteiger charge is -2.25. The van der Waals surface area contributed by atoms with Gasteiger partial charge in [-0.25, -0.2) is 9.59 Å². The van der Waals surface area contributed by atoms with Gasteiger partial charge in [-0.1, -0.05) is 13.2 Å². The Morgan fingerprint density at radius 3 is 2.27 bits per heavy atom. The Labute approximate surface area is 130 Å². The number of hydrogen-bond donors (Lipinski definition) is 0. The molecule has 1 aliphatic carbocycles. The van der Waals surface area contributed by atoms with Crippen LogP contribution in [0.4, 0.5) is 0 Å². The van der Waals surface area contributed by atoms with Gasteiger partial charge in [0, 0.05) is 5.57 Å². The summed E-state index contributed by atoms with van der Waals surface area (Å²) in [5.41, 5.74) is 0.197. The zero-order valence-corrected chi connectivity index (χ0v) is 12.8. The number of rotatable bonds is 5. The lowest BCUT2D eigenvalue weighted by molar-refractivity contribution is -0.130. The van der Waals surface area contributed by atoms with E-state index in [1.807, 2.05) is 0 Å². The quantitative estimate of drug-likeness (QED) is 0.359. The predicted molar refractivity (Wildman–Crippen MR) is 83.7 cm³/mol. The first-order valence-corrected chi connectivity index (χ1v) is 7.30. The van der Waals surface area contributed by atoms with Gasteiger partial charge in [0.15, 0.2) is 0 Å². The van der Waals surface area contributed by atoms with E-state index in [0.717, 1.165) is 25.7 Å². The molecule has 1 aliphatic rings. The largest absolute Gasteiger partial charge is 0.451 e. The SMILES string of the molecule is C=CC1(OC(=O)c2ccc(OC(=O)C(=C)C)cc2)CCCC1. The minimum atomic E-state index is -0.540. The maximum Gasteiger partial charge on any atom is 0.338 e. The van der Waals surface area contributed by atoms with Crippen molar-refractivity contribution < 1.29 is 19.1 Å². The molecule has 116 valence electrons. The van der Waals surface area contributed by atoms with Crippen molar-refractivity contribution in [3.8, 4) is 5.75 Å². The number of carbonyl (C=O) groups is 2. The van der Waals surface area contributed by atoms with Gasteiger partial charge >= 0.3 is 11.9 Å². The van der Waals surface area contributed by atoms with Gasteiger partial charge in [0.1, 0.15) is 11.4 Å². The molecule has 0 heterocycles. The summed E-state index contributed by atoms with van der Waals surface area (Å²) in [6.45, 7) is 8.87. The smallest absolute Gasteiger partial charge is 0.338 e. The van der Waals surface area contributed by atoms with Crippen molar-refractivity contribution in [3.63, 3.8) is 0 Å². The summed E-state index contributed by atoms with van der Waals surface area (Å²) in [4.78, 5) is 23.6. The zero-order chi connectivity index (χ0) is 16.2. The van der Waals surface area contributed by atoms with Crippen LogP contribution < -0.4 is 4.74 Å². The van der Waals surface area contributed by atoms with Crippen LogP contribution in [0, 0.1) is 0 Å². The van der Waals surface area contributed by atoms with Crippen molar-refractivity contribution >= 4 is 11.9 Å². The molecule has 1 fully saturated rings. The number of carbonyl (C=O) groups excluding carboxylic acids is 2. The van der Waals surface area contributed by atoms with Crippen molar-refractivity contribution in [2.75, 3.05) is 0 Å². The number of esters is 2. The van der Waals surface area contributed by atoms with Gasteiger partial charge in [-0.3, -0.25) is 0 Å². The number of benzene rings is 1. The fourth-order valence-electron chi connectivity index (χ4n) is 2.42. The molecule has 0 radical (unpaired) electrons. The first-order chi connectivity index (χ1) is 10.5. The van der Waals surface area contributed by atoms with Crippen LogP contribution in [0.3, 0.4) is 0 Å². The summed E-state index contributed by atoms with van der Waals surface area (Å²) >= 11 is 0. The maximum atomic E-state index is 12.2. The molecule has 2 rings (SSSR count). The molecule has 0 spiro atoms. The van der Waals surface area contributed by atoms with E-state index in [-0.39, 0.29) is 5.97 Å². The average Bonchev–Trinajstić information content (AvgIpc) is 2.97. The van der Waals surface area contributed by atoms with E-state index in [1.54, 1.807) is 37.3 Å². The molecule has 1 saturated carbocycles. The Hall–Kier alpha value is -2.36. The van der Waals surface area contributed by atoms with Crippen LogP contribution in [-0.2, 0) is 9.53 Å². The lowest BCUT2D eigenvalue weighted by Crippen LogP contribution is -2.29. The molecule has 0 aromatic heterocycles. The topological polar surface area (TPSA) is 52.6 Å². The molecule has 4 heteroatoms. The molecule has 0 atom stereocenters. The van der Waals surface area contributed by atoms with Crippen molar-refractivity contribution in [2.24, 2.45) is 0 Å². The predicted octanol–water partition coefficient (Wildman–Crippen LogP) is 3.82. The Balaban J connectivity index is 2.03. The average molecular weight is 300 g/mol. The Morgan fingerprint density at radius 1 is 1.18 bits per heavy atom. The van der Waals surface area contributed by atoms with Gasteiger partial charge in [-0.15, -0.1) is 0 Å². The summed E-state index contributed by atoms with van der Waals surface area (Å²) in [5.74, 6) is -0.518. The van der Waals surface area contributed by atoms with E-state index in [9.17, 15) is 9.59 Å². The molecule has 1 aromatic rings. The van der Waals surface area contributed by atoms with E-state index in [1.165, 1.54) is 0 Å². The molecule has 0 amide bonds. The molecule has 0 unspecified atom stereocenters. The monoisotopic (exact) mass is 300 g/mol. The molecule has 0 bridgehead atoms. The lowest BCUT2D eigenvalue weighted by atomic mass is 10.0. The molecule has 0 N–H and O–H groups in total. The molecule has 1 aromatic carbocycles. The number of ether oxygens (including phenoxy) is 2. The van der Waals surface area contributed by atoms with Crippen LogP contribution in [0.1, 0.15) is 43.0 Å². The van der Waals surface area contributed by atoms with Crippen LogP contribution in [0.2, 0.25) is 0 Å². The first kappa shape index (κ1) is 16.0. The maximum absolute atomic E-state index is 12.2.